The first-order valence-electron chi connectivity index (χ1n) is 8.04. The molecule has 0 atom stereocenters. The Kier molecular flexibility index (Phi) is 7.02. The van der Waals surface area contributed by atoms with Crippen molar-refractivity contribution in [1.29, 1.82) is 0 Å². The molecule has 2 N–H and O–H groups in total. The molecule has 8 heteroatoms. The molecule has 0 spiro atoms. The molecule has 138 valence electrons. The Morgan fingerprint density at radius 2 is 2.04 bits per heavy atom. The normalized spacial score (nSPS) is 10.3. The summed E-state index contributed by atoms with van der Waals surface area (Å²) in [5.74, 6) is -1.19. The summed E-state index contributed by atoms with van der Waals surface area (Å²) in [5, 5.41) is 5.25. The Labute approximate surface area is 149 Å². The van der Waals surface area contributed by atoms with Gasteiger partial charge in [0.05, 0.1) is 0 Å². The number of nitrogens with one attached hydrogen (secondary N) is 2. The summed E-state index contributed by atoms with van der Waals surface area (Å²) in [5.41, 5.74) is 0.803. The maximum atomic E-state index is 13.7. The van der Waals surface area contributed by atoms with Crippen molar-refractivity contribution in [2.24, 2.45) is 0 Å². The summed E-state index contributed by atoms with van der Waals surface area (Å²) in [4.78, 5) is 27.8. The summed E-state index contributed by atoms with van der Waals surface area (Å²) in [6, 6.07) is 6.95. The van der Waals surface area contributed by atoms with Crippen LogP contribution in [0.15, 0.2) is 36.5 Å². The van der Waals surface area contributed by atoms with E-state index in [2.05, 4.69) is 20.4 Å². The molecule has 1 aromatic heterocycles. The molecular formula is C18H19F2N3O3. The van der Waals surface area contributed by atoms with E-state index in [1.54, 1.807) is 0 Å². The van der Waals surface area contributed by atoms with Gasteiger partial charge < -0.3 is 15.4 Å². The SMILES string of the molecule is CCCC(=O)Nc1cc(C(=O)NCc2ccc(OCF)c(F)c2)ccn1. The van der Waals surface area contributed by atoms with Gasteiger partial charge in [0.25, 0.3) is 5.91 Å². The molecule has 26 heavy (non-hydrogen) atoms. The van der Waals surface area contributed by atoms with E-state index < -0.39 is 18.6 Å². The van der Waals surface area contributed by atoms with Crippen LogP contribution < -0.4 is 15.4 Å². The second kappa shape index (κ2) is 9.45. The highest BCUT2D eigenvalue weighted by atomic mass is 19.1. The van der Waals surface area contributed by atoms with Crippen molar-refractivity contribution in [3.8, 4) is 5.75 Å². The van der Waals surface area contributed by atoms with Crippen molar-refractivity contribution in [1.82, 2.24) is 10.3 Å². The molecule has 2 rings (SSSR count). The van der Waals surface area contributed by atoms with Crippen LogP contribution in [0.1, 0.15) is 35.7 Å². The quantitative estimate of drug-likeness (QED) is 0.755. The van der Waals surface area contributed by atoms with Crippen LogP contribution in [-0.4, -0.2) is 23.7 Å². The lowest BCUT2D eigenvalue weighted by molar-refractivity contribution is -0.116. The highest BCUT2D eigenvalue weighted by Gasteiger charge is 2.10. The van der Waals surface area contributed by atoms with Crippen molar-refractivity contribution in [3.63, 3.8) is 0 Å². The number of carbonyl (C=O) groups is 2. The number of hydrogen-bond acceptors (Lipinski definition) is 4. The highest BCUT2D eigenvalue weighted by Crippen LogP contribution is 2.18. The fraction of sp³-hybridized carbons (Fsp3) is 0.278. The first-order chi connectivity index (χ1) is 12.5. The van der Waals surface area contributed by atoms with E-state index in [0.29, 0.717) is 24.0 Å². The van der Waals surface area contributed by atoms with Crippen LogP contribution in [-0.2, 0) is 11.3 Å². The Balaban J connectivity index is 1.97. The zero-order valence-corrected chi connectivity index (χ0v) is 14.2. The fourth-order valence-electron chi connectivity index (χ4n) is 2.19. The molecule has 1 aromatic carbocycles. The molecule has 0 aliphatic carbocycles. The van der Waals surface area contributed by atoms with Crippen LogP contribution in [0.5, 0.6) is 5.75 Å². The molecule has 0 fully saturated rings. The van der Waals surface area contributed by atoms with Gasteiger partial charge in [-0.05, 0) is 36.2 Å². The van der Waals surface area contributed by atoms with E-state index in [1.807, 2.05) is 6.92 Å². The Hall–Kier alpha value is -3.03. The number of amides is 2. The number of alkyl halides is 1. The second-order valence-corrected chi connectivity index (χ2v) is 5.43. The number of ether oxygens (including phenoxy) is 1. The molecule has 0 radical (unpaired) electrons. The van der Waals surface area contributed by atoms with Crippen LogP contribution in [0.2, 0.25) is 0 Å². The van der Waals surface area contributed by atoms with Gasteiger partial charge in [0.15, 0.2) is 11.6 Å². The molecule has 2 aromatic rings. The zero-order valence-electron chi connectivity index (χ0n) is 14.2. The second-order valence-electron chi connectivity index (χ2n) is 5.43. The van der Waals surface area contributed by atoms with Crippen LogP contribution in [0.25, 0.3) is 0 Å². The summed E-state index contributed by atoms with van der Waals surface area (Å²) in [6.45, 7) is 0.841. The van der Waals surface area contributed by atoms with Crippen molar-refractivity contribution in [3.05, 3.63) is 53.5 Å². The molecule has 0 aliphatic rings. The monoisotopic (exact) mass is 363 g/mol. The number of halogens is 2. The smallest absolute Gasteiger partial charge is 0.251 e. The van der Waals surface area contributed by atoms with Crippen LogP contribution in [0.4, 0.5) is 14.6 Å². The van der Waals surface area contributed by atoms with Crippen molar-refractivity contribution < 1.29 is 23.1 Å². The van der Waals surface area contributed by atoms with E-state index in [9.17, 15) is 18.4 Å². The minimum Gasteiger partial charge on any atom is -0.460 e. The van der Waals surface area contributed by atoms with Gasteiger partial charge in [-0.25, -0.2) is 13.8 Å². The number of benzene rings is 1. The Morgan fingerprint density at radius 3 is 2.73 bits per heavy atom. The topological polar surface area (TPSA) is 80.3 Å². The van der Waals surface area contributed by atoms with E-state index in [-0.39, 0.29) is 24.0 Å². The number of rotatable bonds is 8. The van der Waals surface area contributed by atoms with E-state index >= 15 is 0 Å². The number of hydrogen-bond donors (Lipinski definition) is 2. The highest BCUT2D eigenvalue weighted by molar-refractivity contribution is 5.96. The predicted molar refractivity (Wildman–Crippen MR) is 91.9 cm³/mol. The first-order valence-corrected chi connectivity index (χ1v) is 8.04. The lowest BCUT2D eigenvalue weighted by atomic mass is 10.2. The van der Waals surface area contributed by atoms with Gasteiger partial charge in [-0.2, -0.15) is 0 Å². The largest absolute Gasteiger partial charge is 0.460 e. The third kappa shape index (κ3) is 5.51. The molecule has 1 heterocycles. The minimum absolute atomic E-state index is 0.0749. The molecule has 0 unspecified atom stereocenters. The third-order valence-corrected chi connectivity index (χ3v) is 3.43. The number of anilines is 1. The molecule has 0 bridgehead atoms. The Morgan fingerprint density at radius 1 is 1.23 bits per heavy atom. The van der Waals surface area contributed by atoms with E-state index in [0.717, 1.165) is 6.07 Å². The lowest BCUT2D eigenvalue weighted by Crippen LogP contribution is -2.23. The van der Waals surface area contributed by atoms with Gasteiger partial charge in [-0.1, -0.05) is 13.0 Å². The first kappa shape index (κ1) is 19.3. The Bertz CT molecular complexity index is 784. The zero-order chi connectivity index (χ0) is 18.9. The van der Waals surface area contributed by atoms with E-state index in [1.165, 1.54) is 30.5 Å². The van der Waals surface area contributed by atoms with Gasteiger partial charge in [-0.3, -0.25) is 9.59 Å². The minimum atomic E-state index is -1.12. The number of nitrogens with zero attached hydrogens (tertiary/aromatic N) is 1. The van der Waals surface area contributed by atoms with Gasteiger partial charge in [0, 0.05) is 24.7 Å². The molecule has 0 aliphatic heterocycles. The molecule has 6 nitrogen and oxygen atoms in total. The number of carbonyl (C=O) groups excluding carboxylic acids is 2. The predicted octanol–water partition coefficient (Wildman–Crippen LogP) is 3.20. The average Bonchev–Trinajstić information content (AvgIpc) is 2.62. The van der Waals surface area contributed by atoms with Crippen molar-refractivity contribution in [2.75, 3.05) is 12.2 Å². The molecular weight excluding hydrogens is 344 g/mol. The van der Waals surface area contributed by atoms with Crippen LogP contribution in [0.3, 0.4) is 0 Å². The fourth-order valence-corrected chi connectivity index (χ4v) is 2.19. The van der Waals surface area contributed by atoms with E-state index in [4.69, 9.17) is 0 Å². The van der Waals surface area contributed by atoms with Gasteiger partial charge >= 0.3 is 0 Å². The van der Waals surface area contributed by atoms with Gasteiger partial charge in [0.1, 0.15) is 5.82 Å². The standard InChI is InChI=1S/C18H19F2N3O3/c1-2-3-17(24)23-16-9-13(6-7-21-16)18(25)22-10-12-4-5-15(26-11-19)14(20)8-12/h4-9H,2-3,10-11H2,1H3,(H,22,25)(H,21,23,24). The maximum Gasteiger partial charge on any atom is 0.251 e. The van der Waals surface area contributed by atoms with Gasteiger partial charge in [-0.15, -0.1) is 0 Å². The van der Waals surface area contributed by atoms with Crippen molar-refractivity contribution in [2.45, 2.75) is 26.3 Å². The third-order valence-electron chi connectivity index (χ3n) is 3.43. The molecule has 0 saturated heterocycles. The van der Waals surface area contributed by atoms with Crippen molar-refractivity contribution >= 4 is 17.6 Å². The summed E-state index contributed by atoms with van der Waals surface area (Å²) in [6.07, 6.45) is 2.49. The lowest BCUT2D eigenvalue weighted by Gasteiger charge is -2.09. The summed E-state index contributed by atoms with van der Waals surface area (Å²) < 4.78 is 30.2. The summed E-state index contributed by atoms with van der Waals surface area (Å²) >= 11 is 0. The van der Waals surface area contributed by atoms with Crippen LogP contribution in [0, 0.1) is 5.82 Å². The number of pyridine rings is 1. The van der Waals surface area contributed by atoms with Gasteiger partial charge in [0.2, 0.25) is 12.8 Å². The molecule has 2 amide bonds. The van der Waals surface area contributed by atoms with Crippen LogP contribution >= 0.6 is 0 Å². The maximum absolute atomic E-state index is 13.7. The summed E-state index contributed by atoms with van der Waals surface area (Å²) in [7, 11) is 0. The number of aromatic nitrogens is 1. The molecule has 0 saturated carbocycles. The average molecular weight is 363 g/mol.